The van der Waals surface area contributed by atoms with Gasteiger partial charge in [-0.25, -0.2) is 8.78 Å². The van der Waals surface area contributed by atoms with Gasteiger partial charge in [0.1, 0.15) is 6.61 Å². The summed E-state index contributed by atoms with van der Waals surface area (Å²) in [5.74, 6) is -3.81. The Hall–Kier alpha value is -2.96. The highest BCUT2D eigenvalue weighted by Crippen LogP contribution is 2.33. The Balaban J connectivity index is 1.79. The number of nitrogens with one attached hydrogen (secondary N) is 2. The van der Waals surface area contributed by atoms with Crippen LogP contribution in [0.5, 0.6) is 0 Å². The molecule has 0 aromatic heterocycles. The quantitative estimate of drug-likeness (QED) is 0.326. The van der Waals surface area contributed by atoms with Gasteiger partial charge < -0.3 is 20.3 Å². The van der Waals surface area contributed by atoms with Crippen molar-refractivity contribution < 1.29 is 36.3 Å². The number of amides is 2. The van der Waals surface area contributed by atoms with Crippen molar-refractivity contribution in [3.63, 3.8) is 0 Å². The van der Waals surface area contributed by atoms with E-state index in [1.54, 1.807) is 6.07 Å². The predicted octanol–water partition coefficient (Wildman–Crippen LogP) is 5.62. The van der Waals surface area contributed by atoms with Crippen molar-refractivity contribution in [2.45, 2.75) is 45.5 Å². The van der Waals surface area contributed by atoms with Crippen molar-refractivity contribution in [2.24, 2.45) is 5.92 Å². The highest BCUT2D eigenvalue weighted by molar-refractivity contribution is 6.31. The van der Waals surface area contributed by atoms with Gasteiger partial charge >= 0.3 is 6.18 Å². The molecule has 1 atom stereocenters. The molecule has 7 nitrogen and oxygen atoms in total. The van der Waals surface area contributed by atoms with E-state index in [1.165, 1.54) is 25.3 Å². The van der Waals surface area contributed by atoms with E-state index < -0.39 is 41.6 Å². The summed E-state index contributed by atoms with van der Waals surface area (Å²) in [7, 11) is 1.32. The van der Waals surface area contributed by atoms with Gasteiger partial charge in [-0.05, 0) is 36.6 Å². The van der Waals surface area contributed by atoms with Gasteiger partial charge in [0.2, 0.25) is 5.91 Å². The van der Waals surface area contributed by atoms with Crippen molar-refractivity contribution in [1.82, 2.24) is 10.2 Å². The zero-order valence-corrected chi connectivity index (χ0v) is 23.8. The number of rotatable bonds is 11. The van der Waals surface area contributed by atoms with Crippen LogP contribution in [-0.2, 0) is 16.1 Å². The fourth-order valence-electron chi connectivity index (χ4n) is 4.78. The van der Waals surface area contributed by atoms with Gasteiger partial charge in [0.25, 0.3) is 5.91 Å². The molecule has 1 aliphatic rings. The molecule has 0 aliphatic carbocycles. The standard InChI is InChI=1S/C28H34ClF5N4O3/c1-17(2)12-20-15-38(11-10-37(20)9-8-28(32,33)34)23-13-19(29)5-7-22(23)36-27(40)21-6-4-18(25(30)26(21)31)14-35-24(39)16-41-3/h4-7,13,17,20H,8-12,14-16H2,1-3H3,(H,35,39)(H,36,40)/t20-/m0/s1. The number of anilines is 2. The normalized spacial score (nSPS) is 16.2. The third kappa shape index (κ3) is 9.27. The average molecular weight is 605 g/mol. The smallest absolute Gasteiger partial charge is 0.375 e. The molecule has 41 heavy (non-hydrogen) atoms. The van der Waals surface area contributed by atoms with Crippen LogP contribution in [0.4, 0.5) is 33.3 Å². The van der Waals surface area contributed by atoms with E-state index in [1.807, 2.05) is 23.6 Å². The molecule has 1 aliphatic heterocycles. The van der Waals surface area contributed by atoms with Crippen molar-refractivity contribution in [1.29, 1.82) is 0 Å². The number of hydrogen-bond donors (Lipinski definition) is 2. The van der Waals surface area contributed by atoms with Gasteiger partial charge in [-0.15, -0.1) is 0 Å². The van der Waals surface area contributed by atoms with Gasteiger partial charge in [-0.2, -0.15) is 13.2 Å². The molecule has 0 unspecified atom stereocenters. The minimum absolute atomic E-state index is 0.106. The fourth-order valence-corrected chi connectivity index (χ4v) is 4.95. The summed E-state index contributed by atoms with van der Waals surface area (Å²) in [6.07, 6.45) is -4.49. The molecule has 1 fully saturated rings. The number of nitrogens with zero attached hydrogens (tertiary/aromatic N) is 2. The summed E-state index contributed by atoms with van der Waals surface area (Å²) in [5.41, 5.74) is 0.135. The Morgan fingerprint density at radius 2 is 1.85 bits per heavy atom. The first-order chi connectivity index (χ1) is 19.3. The van der Waals surface area contributed by atoms with Crippen LogP contribution in [0.2, 0.25) is 5.02 Å². The van der Waals surface area contributed by atoms with Crippen LogP contribution in [0, 0.1) is 17.6 Å². The van der Waals surface area contributed by atoms with Gasteiger partial charge in [0, 0.05) is 56.5 Å². The van der Waals surface area contributed by atoms with Crippen molar-refractivity contribution in [3.05, 3.63) is 58.1 Å². The maximum Gasteiger partial charge on any atom is 0.390 e. The fraction of sp³-hybridized carbons (Fsp3) is 0.500. The van der Waals surface area contributed by atoms with Gasteiger partial charge in [0.15, 0.2) is 11.6 Å². The number of alkyl halides is 3. The Bertz CT molecular complexity index is 1230. The van der Waals surface area contributed by atoms with E-state index in [0.29, 0.717) is 42.5 Å². The molecule has 2 aromatic rings. The maximum absolute atomic E-state index is 14.9. The minimum atomic E-state index is -4.26. The third-order valence-corrected chi connectivity index (χ3v) is 6.97. The largest absolute Gasteiger partial charge is 0.390 e. The summed E-state index contributed by atoms with van der Waals surface area (Å²) < 4.78 is 73.0. The SMILES string of the molecule is COCC(=O)NCc1ccc(C(=O)Nc2ccc(Cl)cc2N2CCN(CCC(F)(F)F)[C@@H](CC(C)C)C2)c(F)c1F. The lowest BCUT2D eigenvalue weighted by atomic mass is 9.99. The van der Waals surface area contributed by atoms with Crippen LogP contribution in [0.1, 0.15) is 42.6 Å². The van der Waals surface area contributed by atoms with E-state index >= 15 is 0 Å². The number of halogens is 6. The van der Waals surface area contributed by atoms with Crippen LogP contribution in [0.25, 0.3) is 0 Å². The summed E-state index contributed by atoms with van der Waals surface area (Å²) in [6.45, 7) is 4.50. The van der Waals surface area contributed by atoms with E-state index in [-0.39, 0.29) is 37.2 Å². The summed E-state index contributed by atoms with van der Waals surface area (Å²) in [6, 6.07) is 6.86. The molecule has 2 N–H and O–H groups in total. The van der Waals surface area contributed by atoms with Gasteiger partial charge in [0.05, 0.1) is 23.4 Å². The molecule has 0 spiro atoms. The van der Waals surface area contributed by atoms with E-state index in [4.69, 9.17) is 11.6 Å². The molecule has 0 radical (unpaired) electrons. The Kier molecular flexibility index (Phi) is 11.3. The van der Waals surface area contributed by atoms with Crippen molar-refractivity contribution >= 4 is 34.8 Å². The summed E-state index contributed by atoms with van der Waals surface area (Å²) in [5, 5.41) is 5.38. The predicted molar refractivity (Wildman–Crippen MR) is 147 cm³/mol. The third-order valence-electron chi connectivity index (χ3n) is 6.74. The molecular weight excluding hydrogens is 571 g/mol. The lowest BCUT2D eigenvalue weighted by Crippen LogP contribution is -2.54. The minimum Gasteiger partial charge on any atom is -0.375 e. The Morgan fingerprint density at radius 3 is 2.51 bits per heavy atom. The van der Waals surface area contributed by atoms with Gasteiger partial charge in [-0.3, -0.25) is 14.5 Å². The first-order valence-corrected chi connectivity index (χ1v) is 13.6. The van der Waals surface area contributed by atoms with Crippen LogP contribution < -0.4 is 15.5 Å². The molecule has 3 rings (SSSR count). The Labute approximate surface area is 241 Å². The average Bonchev–Trinajstić information content (AvgIpc) is 2.89. The van der Waals surface area contributed by atoms with Crippen molar-refractivity contribution in [3.8, 4) is 0 Å². The first kappa shape index (κ1) is 32.6. The maximum atomic E-state index is 14.9. The second-order valence-corrected chi connectivity index (χ2v) is 10.8. The molecule has 226 valence electrons. The highest BCUT2D eigenvalue weighted by atomic mass is 35.5. The molecule has 2 aromatic carbocycles. The van der Waals surface area contributed by atoms with E-state index in [0.717, 1.165) is 6.07 Å². The molecule has 0 bridgehead atoms. The van der Waals surface area contributed by atoms with E-state index in [9.17, 15) is 31.5 Å². The summed E-state index contributed by atoms with van der Waals surface area (Å²) in [4.78, 5) is 28.4. The number of hydrogen-bond acceptors (Lipinski definition) is 5. The lowest BCUT2D eigenvalue weighted by molar-refractivity contribution is -0.139. The molecule has 0 saturated carbocycles. The zero-order chi connectivity index (χ0) is 30.3. The second-order valence-electron chi connectivity index (χ2n) is 10.4. The van der Waals surface area contributed by atoms with Crippen LogP contribution in [0.3, 0.4) is 0 Å². The Morgan fingerprint density at radius 1 is 1.12 bits per heavy atom. The van der Waals surface area contributed by atoms with Crippen LogP contribution in [-0.4, -0.2) is 68.8 Å². The summed E-state index contributed by atoms with van der Waals surface area (Å²) >= 11 is 6.25. The first-order valence-electron chi connectivity index (χ1n) is 13.2. The van der Waals surface area contributed by atoms with Gasteiger partial charge in [-0.1, -0.05) is 31.5 Å². The number of benzene rings is 2. The topological polar surface area (TPSA) is 73.9 Å². The second kappa shape index (κ2) is 14.3. The highest BCUT2D eigenvalue weighted by Gasteiger charge is 2.33. The number of ether oxygens (including phenoxy) is 1. The zero-order valence-electron chi connectivity index (χ0n) is 23.1. The number of methoxy groups -OCH3 is 1. The van der Waals surface area contributed by atoms with Crippen LogP contribution >= 0.6 is 11.6 Å². The number of piperazine rings is 1. The number of carbonyl (C=O) groups is 2. The van der Waals surface area contributed by atoms with Crippen molar-refractivity contribution in [2.75, 3.05) is 50.1 Å². The number of carbonyl (C=O) groups excluding carboxylic acids is 2. The molecule has 1 heterocycles. The molecule has 13 heteroatoms. The van der Waals surface area contributed by atoms with E-state index in [2.05, 4.69) is 15.4 Å². The lowest BCUT2D eigenvalue weighted by Gasteiger charge is -2.43. The molecule has 1 saturated heterocycles. The molecular formula is C28H34ClF5N4O3. The van der Waals surface area contributed by atoms with Crippen LogP contribution in [0.15, 0.2) is 30.3 Å². The monoisotopic (exact) mass is 604 g/mol. The molecule has 2 amide bonds.